The molecule has 3 N–H and O–H groups in total. The molecule has 4 aromatic carbocycles. The summed E-state index contributed by atoms with van der Waals surface area (Å²) in [6, 6.07) is 29.4. The van der Waals surface area contributed by atoms with Crippen molar-refractivity contribution in [3.8, 4) is 11.4 Å². The number of anilines is 1. The average molecular weight is 646 g/mol. The summed E-state index contributed by atoms with van der Waals surface area (Å²) in [6.07, 6.45) is -1.48. The Balaban J connectivity index is 1.26. The van der Waals surface area contributed by atoms with Crippen LogP contribution in [0.5, 0.6) is 5.75 Å². The first-order chi connectivity index (χ1) is 21.8. The Bertz CT molecular complexity index is 1840. The first-order valence-electron chi connectivity index (χ1n) is 14.2. The second-order valence-corrected chi connectivity index (χ2v) is 13.2. The minimum Gasteiger partial charge on any atom is -0.508 e. The van der Waals surface area contributed by atoms with Crippen LogP contribution in [0.2, 0.25) is 0 Å². The molecular weight excluding hydrogens is 615 g/mol. The van der Waals surface area contributed by atoms with Gasteiger partial charge in [-0.05, 0) is 70.1 Å². The lowest BCUT2D eigenvalue weighted by atomic mass is 9.91. The van der Waals surface area contributed by atoms with Gasteiger partial charge in [-0.25, -0.2) is 8.42 Å². The summed E-state index contributed by atoms with van der Waals surface area (Å²) in [5.41, 5.74) is 3.45. The molecule has 0 spiro atoms. The fourth-order valence-electron chi connectivity index (χ4n) is 5.05. The Kier molecular flexibility index (Phi) is 9.14. The van der Waals surface area contributed by atoms with E-state index >= 15 is 0 Å². The molecule has 0 aliphatic carbocycles. The number of nitrogens with one attached hydrogen (secondary N) is 1. The number of phenolic OH excluding ortho intramolecular Hbond substituents is 1. The first kappa shape index (κ1) is 30.7. The molecule has 4 atom stereocenters. The van der Waals surface area contributed by atoms with E-state index in [4.69, 9.17) is 9.47 Å². The number of hydrogen-bond acceptors (Lipinski definition) is 10. The molecule has 1 saturated heterocycles. The molecule has 1 aliphatic heterocycles. The number of tetrazole rings is 1. The first-order valence-corrected chi connectivity index (χ1v) is 16.7. The third-order valence-corrected chi connectivity index (χ3v) is 9.90. The summed E-state index contributed by atoms with van der Waals surface area (Å²) in [7, 11) is -3.79. The summed E-state index contributed by atoms with van der Waals surface area (Å²) in [4.78, 5) is 0.160. The lowest BCUT2D eigenvalue weighted by Crippen LogP contribution is -2.38. The predicted molar refractivity (Wildman–Crippen MR) is 168 cm³/mol. The SMILES string of the molecule is C[C@@H]1[C@H](CSc2nnnn2-c2ccc(O)cc2)O[C@H](c2cccc(NS(=O)(=O)c3ccccc3)c2)O[C@@H]1c1ccc(CO)cc1. The largest absolute Gasteiger partial charge is 0.508 e. The summed E-state index contributed by atoms with van der Waals surface area (Å²) in [5, 5.41) is 31.9. The fraction of sp³-hybridized carbons (Fsp3) is 0.219. The summed E-state index contributed by atoms with van der Waals surface area (Å²) in [6.45, 7) is 1.99. The quantitative estimate of drug-likeness (QED) is 0.172. The van der Waals surface area contributed by atoms with Crippen LogP contribution in [0, 0.1) is 5.92 Å². The van der Waals surface area contributed by atoms with Crippen LogP contribution in [0.3, 0.4) is 0 Å². The van der Waals surface area contributed by atoms with E-state index in [0.29, 0.717) is 27.8 Å². The molecular formula is C32H31N5O6S2. The molecule has 1 aliphatic rings. The number of aromatic hydroxyl groups is 1. The van der Waals surface area contributed by atoms with Crippen molar-refractivity contribution in [2.45, 2.75) is 42.1 Å². The van der Waals surface area contributed by atoms with Gasteiger partial charge in [0.1, 0.15) is 5.75 Å². The molecule has 13 heteroatoms. The average Bonchev–Trinajstić information content (AvgIpc) is 3.54. The number of aliphatic hydroxyl groups excluding tert-OH is 1. The molecule has 5 aromatic rings. The number of aromatic nitrogens is 4. The van der Waals surface area contributed by atoms with E-state index in [0.717, 1.165) is 11.1 Å². The van der Waals surface area contributed by atoms with Gasteiger partial charge in [0.2, 0.25) is 5.16 Å². The number of ether oxygens (including phenoxy) is 2. The summed E-state index contributed by atoms with van der Waals surface area (Å²) < 4.78 is 43.3. The number of aliphatic hydroxyl groups is 1. The highest BCUT2D eigenvalue weighted by Crippen LogP contribution is 2.43. The van der Waals surface area contributed by atoms with Crippen molar-refractivity contribution in [1.82, 2.24) is 20.2 Å². The van der Waals surface area contributed by atoms with E-state index < -0.39 is 16.3 Å². The number of benzene rings is 4. The smallest absolute Gasteiger partial charge is 0.261 e. The highest BCUT2D eigenvalue weighted by Gasteiger charge is 2.38. The zero-order chi connectivity index (χ0) is 31.4. The highest BCUT2D eigenvalue weighted by molar-refractivity contribution is 7.99. The third-order valence-electron chi connectivity index (χ3n) is 7.50. The Morgan fingerprint density at radius 1 is 0.911 bits per heavy atom. The van der Waals surface area contributed by atoms with Crippen LogP contribution >= 0.6 is 11.8 Å². The minimum absolute atomic E-state index is 0.0617. The maximum Gasteiger partial charge on any atom is 0.261 e. The van der Waals surface area contributed by atoms with E-state index in [1.165, 1.54) is 23.9 Å². The normalized spacial score (nSPS) is 20.1. The van der Waals surface area contributed by atoms with Crippen molar-refractivity contribution in [1.29, 1.82) is 0 Å². The molecule has 0 radical (unpaired) electrons. The zero-order valence-electron chi connectivity index (χ0n) is 24.2. The van der Waals surface area contributed by atoms with Crippen molar-refractivity contribution in [2.24, 2.45) is 5.92 Å². The second kappa shape index (κ2) is 13.4. The van der Waals surface area contributed by atoms with Crippen LogP contribution in [0.25, 0.3) is 5.69 Å². The number of hydrogen-bond donors (Lipinski definition) is 3. The molecule has 0 saturated carbocycles. The molecule has 232 valence electrons. The van der Waals surface area contributed by atoms with E-state index in [1.807, 2.05) is 30.3 Å². The molecule has 11 nitrogen and oxygen atoms in total. The Labute approximate surface area is 264 Å². The maximum atomic E-state index is 13.0. The Morgan fingerprint density at radius 2 is 1.67 bits per heavy atom. The molecule has 0 bridgehead atoms. The summed E-state index contributed by atoms with van der Waals surface area (Å²) >= 11 is 1.43. The molecule has 2 heterocycles. The topological polar surface area (TPSA) is 149 Å². The molecule has 6 rings (SSSR count). The van der Waals surface area contributed by atoms with Gasteiger partial charge in [-0.15, -0.1) is 5.10 Å². The van der Waals surface area contributed by atoms with Crippen LogP contribution in [-0.4, -0.2) is 50.7 Å². The van der Waals surface area contributed by atoms with E-state index in [1.54, 1.807) is 65.3 Å². The standard InChI is InChI=1S/C32H31N5O6S2/c1-21-29(20-44-32-33-35-36-37(32)26-14-16-27(39)17-15-26)42-31(43-30(21)23-12-10-22(19-38)11-13-23)24-6-5-7-25(18-24)34-45(40,41)28-8-3-2-4-9-28/h2-18,21,29-31,34,38-39H,19-20H2,1H3/t21-,29+,30+,31+/m1/s1. The second-order valence-electron chi connectivity index (χ2n) is 10.6. The maximum absolute atomic E-state index is 13.0. The van der Waals surface area contributed by atoms with Crippen molar-refractivity contribution in [3.63, 3.8) is 0 Å². The van der Waals surface area contributed by atoms with Crippen LogP contribution < -0.4 is 4.72 Å². The van der Waals surface area contributed by atoms with Gasteiger partial charge in [-0.2, -0.15) is 4.68 Å². The van der Waals surface area contributed by atoms with Crippen LogP contribution in [0.1, 0.15) is 36.0 Å². The lowest BCUT2D eigenvalue weighted by molar-refractivity contribution is -0.268. The number of rotatable bonds is 10. The van der Waals surface area contributed by atoms with Gasteiger partial charge in [-0.1, -0.05) is 73.3 Å². The number of phenols is 1. The van der Waals surface area contributed by atoms with Gasteiger partial charge in [0, 0.05) is 22.9 Å². The van der Waals surface area contributed by atoms with Crippen molar-refractivity contribution >= 4 is 27.5 Å². The molecule has 0 amide bonds. The summed E-state index contributed by atoms with van der Waals surface area (Å²) in [5.74, 6) is 0.545. The Hall–Kier alpha value is -4.27. The monoisotopic (exact) mass is 645 g/mol. The third kappa shape index (κ3) is 7.02. The van der Waals surface area contributed by atoms with Gasteiger partial charge in [0.15, 0.2) is 6.29 Å². The van der Waals surface area contributed by atoms with Gasteiger partial charge in [0.05, 0.1) is 29.4 Å². The molecule has 1 aromatic heterocycles. The van der Waals surface area contributed by atoms with Crippen LogP contribution in [-0.2, 0) is 26.1 Å². The van der Waals surface area contributed by atoms with E-state index in [-0.39, 0.29) is 35.4 Å². The molecule has 1 fully saturated rings. The number of sulfonamides is 1. The lowest BCUT2D eigenvalue weighted by Gasteiger charge is -2.41. The van der Waals surface area contributed by atoms with Crippen LogP contribution in [0.4, 0.5) is 5.69 Å². The van der Waals surface area contributed by atoms with Crippen LogP contribution in [0.15, 0.2) is 113 Å². The number of nitrogens with zero attached hydrogens (tertiary/aromatic N) is 4. The van der Waals surface area contributed by atoms with Gasteiger partial charge < -0.3 is 19.7 Å². The molecule has 0 unspecified atom stereocenters. The Morgan fingerprint density at radius 3 is 2.40 bits per heavy atom. The van der Waals surface area contributed by atoms with E-state index in [2.05, 4.69) is 27.2 Å². The molecule has 45 heavy (non-hydrogen) atoms. The zero-order valence-corrected chi connectivity index (χ0v) is 25.8. The highest BCUT2D eigenvalue weighted by atomic mass is 32.2. The van der Waals surface area contributed by atoms with Gasteiger partial charge >= 0.3 is 0 Å². The predicted octanol–water partition coefficient (Wildman–Crippen LogP) is 5.24. The van der Waals surface area contributed by atoms with Crippen molar-refractivity contribution < 1.29 is 28.1 Å². The number of thioether (sulfide) groups is 1. The van der Waals surface area contributed by atoms with Gasteiger partial charge in [0.25, 0.3) is 10.0 Å². The van der Waals surface area contributed by atoms with Crippen molar-refractivity contribution in [3.05, 3.63) is 120 Å². The van der Waals surface area contributed by atoms with Crippen molar-refractivity contribution in [2.75, 3.05) is 10.5 Å². The van der Waals surface area contributed by atoms with Gasteiger partial charge in [-0.3, -0.25) is 4.72 Å². The minimum atomic E-state index is -3.79. The van der Waals surface area contributed by atoms with E-state index in [9.17, 15) is 18.6 Å². The fourth-order valence-corrected chi connectivity index (χ4v) is 7.18.